The summed E-state index contributed by atoms with van der Waals surface area (Å²) in [5, 5.41) is 0. The summed E-state index contributed by atoms with van der Waals surface area (Å²) >= 11 is 0. The van der Waals surface area contributed by atoms with Crippen molar-refractivity contribution in [2.45, 2.75) is 0 Å². The molecule has 2 rings (SSSR count). The molecule has 1 N–H and O–H groups in total. The van der Waals surface area contributed by atoms with Gasteiger partial charge in [-0.05, 0) is 29.3 Å². The molecule has 0 bridgehead atoms. The van der Waals surface area contributed by atoms with E-state index >= 15 is 0 Å². The molecule has 0 radical (unpaired) electrons. The second-order valence-corrected chi connectivity index (χ2v) is 4.31. The van der Waals surface area contributed by atoms with Crippen LogP contribution in [0.1, 0.15) is 11.1 Å². The summed E-state index contributed by atoms with van der Waals surface area (Å²) in [7, 11) is 4.03. The largest absolute Gasteiger partial charge is 0.378 e. The molecule has 0 spiro atoms. The number of hydrogen-bond acceptors (Lipinski definition) is 2. The topological polar surface area (TPSA) is 36.1 Å². The number of benzene rings is 1. The highest BCUT2D eigenvalue weighted by atomic mass is 16.1. The fourth-order valence-corrected chi connectivity index (χ4v) is 1.64. The predicted octanol–water partition coefficient (Wildman–Crippen LogP) is 2.61. The minimum Gasteiger partial charge on any atom is -0.378 e. The van der Waals surface area contributed by atoms with Gasteiger partial charge < -0.3 is 9.88 Å². The van der Waals surface area contributed by atoms with E-state index in [2.05, 4.69) is 34.1 Å². The zero-order chi connectivity index (χ0) is 13.0. The number of aromatic amines is 1. The van der Waals surface area contributed by atoms with Gasteiger partial charge in [-0.25, -0.2) is 0 Å². The molecular formula is C15H16N2O. The summed E-state index contributed by atoms with van der Waals surface area (Å²) < 4.78 is 0. The Balaban J connectivity index is 2.16. The molecule has 0 aliphatic heterocycles. The Morgan fingerprint density at radius 1 is 1.00 bits per heavy atom. The van der Waals surface area contributed by atoms with Gasteiger partial charge in [-0.15, -0.1) is 0 Å². The van der Waals surface area contributed by atoms with E-state index in [4.69, 9.17) is 0 Å². The summed E-state index contributed by atoms with van der Waals surface area (Å²) in [6.45, 7) is 0. The second-order valence-electron chi connectivity index (χ2n) is 4.31. The molecule has 3 nitrogen and oxygen atoms in total. The summed E-state index contributed by atoms with van der Waals surface area (Å²) in [6.07, 6.45) is 5.57. The van der Waals surface area contributed by atoms with E-state index in [-0.39, 0.29) is 5.56 Å². The van der Waals surface area contributed by atoms with Crippen LogP contribution in [0.2, 0.25) is 0 Å². The van der Waals surface area contributed by atoms with Crippen LogP contribution in [0.3, 0.4) is 0 Å². The van der Waals surface area contributed by atoms with Crippen LogP contribution in [0.15, 0.2) is 47.4 Å². The van der Waals surface area contributed by atoms with Gasteiger partial charge in [0.2, 0.25) is 5.56 Å². The lowest BCUT2D eigenvalue weighted by atomic mass is 10.1. The fraction of sp³-hybridized carbons (Fsp3) is 0.133. The molecule has 0 saturated heterocycles. The van der Waals surface area contributed by atoms with E-state index < -0.39 is 0 Å². The molecule has 92 valence electrons. The number of hydrogen-bond donors (Lipinski definition) is 1. The van der Waals surface area contributed by atoms with Crippen LogP contribution in [-0.4, -0.2) is 19.1 Å². The van der Waals surface area contributed by atoms with E-state index in [1.165, 1.54) is 5.69 Å². The highest BCUT2D eigenvalue weighted by Crippen LogP contribution is 2.14. The smallest absolute Gasteiger partial charge is 0.248 e. The van der Waals surface area contributed by atoms with Gasteiger partial charge in [0.05, 0.1) is 0 Å². The quantitative estimate of drug-likeness (QED) is 0.895. The average Bonchev–Trinajstić information content (AvgIpc) is 2.37. The zero-order valence-corrected chi connectivity index (χ0v) is 10.6. The maximum atomic E-state index is 11.1. The van der Waals surface area contributed by atoms with Crippen LogP contribution < -0.4 is 10.5 Å². The number of nitrogens with zero attached hydrogens (tertiary/aromatic N) is 1. The minimum absolute atomic E-state index is 0.0832. The van der Waals surface area contributed by atoms with Crippen molar-refractivity contribution in [2.75, 3.05) is 19.0 Å². The SMILES string of the molecule is CN(C)c1ccc(/C=C/c2cc[nH]c(=O)c2)cc1. The predicted molar refractivity (Wildman–Crippen MR) is 76.8 cm³/mol. The van der Waals surface area contributed by atoms with Gasteiger partial charge in [0.25, 0.3) is 0 Å². The number of anilines is 1. The number of rotatable bonds is 3. The number of pyridine rings is 1. The maximum Gasteiger partial charge on any atom is 0.248 e. The lowest BCUT2D eigenvalue weighted by molar-refractivity contribution is 1.13. The second kappa shape index (κ2) is 5.36. The molecule has 1 aromatic heterocycles. The van der Waals surface area contributed by atoms with Crippen molar-refractivity contribution in [2.24, 2.45) is 0 Å². The van der Waals surface area contributed by atoms with Crippen LogP contribution in [0.5, 0.6) is 0 Å². The van der Waals surface area contributed by atoms with Crippen LogP contribution in [-0.2, 0) is 0 Å². The molecule has 0 amide bonds. The van der Waals surface area contributed by atoms with Crippen molar-refractivity contribution >= 4 is 17.8 Å². The first-order valence-electron chi connectivity index (χ1n) is 5.79. The molecule has 18 heavy (non-hydrogen) atoms. The lowest BCUT2D eigenvalue weighted by Gasteiger charge is -2.11. The minimum atomic E-state index is -0.0832. The first-order chi connectivity index (χ1) is 8.65. The highest BCUT2D eigenvalue weighted by Gasteiger charge is 1.93. The first kappa shape index (κ1) is 12.2. The molecule has 1 aromatic carbocycles. The third-order valence-corrected chi connectivity index (χ3v) is 2.68. The van der Waals surface area contributed by atoms with Crippen LogP contribution in [0, 0.1) is 0 Å². The van der Waals surface area contributed by atoms with Crippen molar-refractivity contribution in [3.63, 3.8) is 0 Å². The van der Waals surface area contributed by atoms with Gasteiger partial charge >= 0.3 is 0 Å². The monoisotopic (exact) mass is 240 g/mol. The van der Waals surface area contributed by atoms with Crippen LogP contribution in [0.4, 0.5) is 5.69 Å². The number of H-pyrrole nitrogens is 1. The molecule has 2 aromatic rings. The molecule has 0 saturated carbocycles. The molecule has 0 atom stereocenters. The Hall–Kier alpha value is -2.29. The summed E-state index contributed by atoms with van der Waals surface area (Å²) in [6, 6.07) is 11.7. The Morgan fingerprint density at radius 2 is 1.67 bits per heavy atom. The molecule has 0 fully saturated rings. The molecule has 1 heterocycles. The maximum absolute atomic E-state index is 11.1. The Bertz CT molecular complexity index is 594. The van der Waals surface area contributed by atoms with Gasteiger partial charge in [0.15, 0.2) is 0 Å². The Labute approximate surface area is 106 Å². The van der Waals surface area contributed by atoms with Crippen molar-refractivity contribution in [1.82, 2.24) is 4.98 Å². The summed E-state index contributed by atoms with van der Waals surface area (Å²) in [5.74, 6) is 0. The Morgan fingerprint density at radius 3 is 2.28 bits per heavy atom. The summed E-state index contributed by atoms with van der Waals surface area (Å²) in [4.78, 5) is 15.8. The van der Waals surface area contributed by atoms with Gasteiger partial charge in [0, 0.05) is 32.0 Å². The molecule has 0 aliphatic rings. The number of nitrogens with one attached hydrogen (secondary N) is 1. The van der Waals surface area contributed by atoms with Crippen molar-refractivity contribution in [3.8, 4) is 0 Å². The Kier molecular flexibility index (Phi) is 3.63. The number of aromatic nitrogens is 1. The molecule has 3 heteroatoms. The van der Waals surface area contributed by atoms with E-state index in [1.807, 2.05) is 32.3 Å². The third-order valence-electron chi connectivity index (χ3n) is 2.68. The van der Waals surface area contributed by atoms with Gasteiger partial charge in [-0.2, -0.15) is 0 Å². The van der Waals surface area contributed by atoms with Gasteiger partial charge in [-0.3, -0.25) is 4.79 Å². The molecule has 0 unspecified atom stereocenters. The normalized spacial score (nSPS) is 10.8. The zero-order valence-electron chi connectivity index (χ0n) is 10.6. The first-order valence-corrected chi connectivity index (χ1v) is 5.79. The van der Waals surface area contributed by atoms with E-state index in [1.54, 1.807) is 12.3 Å². The van der Waals surface area contributed by atoms with Crippen molar-refractivity contribution in [1.29, 1.82) is 0 Å². The highest BCUT2D eigenvalue weighted by molar-refractivity contribution is 5.70. The van der Waals surface area contributed by atoms with Crippen molar-refractivity contribution in [3.05, 3.63) is 64.1 Å². The van der Waals surface area contributed by atoms with Crippen LogP contribution >= 0.6 is 0 Å². The average molecular weight is 240 g/mol. The lowest BCUT2D eigenvalue weighted by Crippen LogP contribution is -2.07. The molecular weight excluding hydrogens is 224 g/mol. The van der Waals surface area contributed by atoms with Crippen molar-refractivity contribution < 1.29 is 0 Å². The molecule has 0 aliphatic carbocycles. The standard InChI is InChI=1S/C15H16N2O/c1-17(2)14-7-5-12(6-8-14)3-4-13-9-10-16-15(18)11-13/h3-11H,1-2H3,(H,16,18)/b4-3+. The van der Waals surface area contributed by atoms with Gasteiger partial charge in [-0.1, -0.05) is 24.3 Å². The van der Waals surface area contributed by atoms with E-state index in [0.29, 0.717) is 0 Å². The van der Waals surface area contributed by atoms with Gasteiger partial charge in [0.1, 0.15) is 0 Å². The third kappa shape index (κ3) is 3.10. The summed E-state index contributed by atoms with van der Waals surface area (Å²) in [5.41, 5.74) is 3.10. The van der Waals surface area contributed by atoms with Crippen LogP contribution in [0.25, 0.3) is 12.2 Å². The van der Waals surface area contributed by atoms with E-state index in [9.17, 15) is 4.79 Å². The van der Waals surface area contributed by atoms with E-state index in [0.717, 1.165) is 11.1 Å². The fourth-order valence-electron chi connectivity index (χ4n) is 1.64.